The Hall–Kier alpha value is -1.30. The Morgan fingerprint density at radius 2 is 1.50 bits per heavy atom. The third-order valence-corrected chi connectivity index (χ3v) is 7.64. The lowest BCUT2D eigenvalue weighted by molar-refractivity contribution is -0.0744. The SMILES string of the molecule is CC(C)=CCC/C(C)=C\CC/C(C)=C/C1C2C=C(C)CCC2C1(C)CCC=C(C)C. The molecule has 0 radical (unpaired) electrons. The summed E-state index contributed by atoms with van der Waals surface area (Å²) in [5.74, 6) is 2.40. The molecule has 0 aromatic rings. The molecule has 0 saturated heterocycles. The molecule has 0 amide bonds. The van der Waals surface area contributed by atoms with Crippen LogP contribution in [-0.4, -0.2) is 0 Å². The van der Waals surface area contributed by atoms with Crippen LogP contribution in [0.1, 0.15) is 107 Å². The van der Waals surface area contributed by atoms with Gasteiger partial charge in [-0.05, 0) is 123 Å². The molecule has 168 valence electrons. The van der Waals surface area contributed by atoms with Crippen LogP contribution in [0.5, 0.6) is 0 Å². The van der Waals surface area contributed by atoms with E-state index in [1.54, 1.807) is 16.7 Å². The van der Waals surface area contributed by atoms with Crippen molar-refractivity contribution in [2.24, 2.45) is 23.2 Å². The van der Waals surface area contributed by atoms with Gasteiger partial charge in [0.15, 0.2) is 0 Å². The molecule has 0 heteroatoms. The van der Waals surface area contributed by atoms with Crippen LogP contribution in [0.15, 0.2) is 58.2 Å². The van der Waals surface area contributed by atoms with Gasteiger partial charge >= 0.3 is 0 Å². The zero-order valence-corrected chi connectivity index (χ0v) is 21.3. The second kappa shape index (κ2) is 11.4. The van der Waals surface area contributed by atoms with Crippen molar-refractivity contribution >= 4 is 0 Å². The van der Waals surface area contributed by atoms with E-state index in [4.69, 9.17) is 0 Å². The fourth-order valence-corrected chi connectivity index (χ4v) is 5.75. The van der Waals surface area contributed by atoms with Gasteiger partial charge in [0.25, 0.3) is 0 Å². The monoisotopic (exact) mass is 408 g/mol. The minimum atomic E-state index is 0.477. The van der Waals surface area contributed by atoms with Crippen LogP contribution < -0.4 is 0 Å². The Bertz CT molecular complexity index is 715. The number of allylic oxidation sites excluding steroid dienone is 10. The highest BCUT2D eigenvalue weighted by Crippen LogP contribution is 2.63. The van der Waals surface area contributed by atoms with Gasteiger partial charge in [0, 0.05) is 0 Å². The van der Waals surface area contributed by atoms with Crippen LogP contribution in [-0.2, 0) is 0 Å². The van der Waals surface area contributed by atoms with Gasteiger partial charge in [-0.2, -0.15) is 0 Å². The molecule has 2 rings (SSSR count). The molecule has 0 heterocycles. The van der Waals surface area contributed by atoms with Crippen molar-refractivity contribution in [2.75, 3.05) is 0 Å². The van der Waals surface area contributed by atoms with Crippen LogP contribution in [0.4, 0.5) is 0 Å². The molecule has 0 aromatic heterocycles. The van der Waals surface area contributed by atoms with Gasteiger partial charge in [0.05, 0.1) is 0 Å². The van der Waals surface area contributed by atoms with E-state index < -0.39 is 0 Å². The van der Waals surface area contributed by atoms with Gasteiger partial charge in [0.2, 0.25) is 0 Å². The lowest BCUT2D eigenvalue weighted by Crippen LogP contribution is -2.54. The molecule has 2 aliphatic carbocycles. The second-order valence-electron chi connectivity index (χ2n) is 11.0. The van der Waals surface area contributed by atoms with Gasteiger partial charge < -0.3 is 0 Å². The Morgan fingerprint density at radius 3 is 2.17 bits per heavy atom. The van der Waals surface area contributed by atoms with E-state index in [0.717, 1.165) is 17.8 Å². The van der Waals surface area contributed by atoms with Crippen molar-refractivity contribution in [3.8, 4) is 0 Å². The van der Waals surface area contributed by atoms with E-state index in [9.17, 15) is 0 Å². The Labute approximate surface area is 188 Å². The molecule has 1 fully saturated rings. The molecule has 4 unspecified atom stereocenters. The number of fused-ring (bicyclic) bond motifs is 1. The topological polar surface area (TPSA) is 0 Å². The van der Waals surface area contributed by atoms with E-state index in [1.165, 1.54) is 62.5 Å². The minimum absolute atomic E-state index is 0.477. The quantitative estimate of drug-likeness (QED) is 0.315. The minimum Gasteiger partial charge on any atom is -0.0859 e. The summed E-state index contributed by atoms with van der Waals surface area (Å²) in [5.41, 5.74) is 8.13. The standard InChI is InChI=1S/C30H48/c1-22(2)12-9-14-24(5)15-10-16-25(6)21-29-27-20-26(7)17-18-28(27)30(29,8)19-11-13-23(3)4/h12-13,15,20-21,27-29H,9-11,14,16-19H2,1-8H3/b24-15-,25-21+. The molecule has 0 aliphatic heterocycles. The van der Waals surface area contributed by atoms with E-state index in [-0.39, 0.29) is 0 Å². The molecule has 2 aliphatic rings. The predicted molar refractivity (Wildman–Crippen MR) is 136 cm³/mol. The zero-order chi connectivity index (χ0) is 22.3. The third kappa shape index (κ3) is 6.86. The maximum atomic E-state index is 2.67. The Balaban J connectivity index is 2.00. The van der Waals surface area contributed by atoms with Crippen molar-refractivity contribution in [3.63, 3.8) is 0 Å². The summed E-state index contributed by atoms with van der Waals surface area (Å²) < 4.78 is 0. The van der Waals surface area contributed by atoms with Crippen LogP contribution in [0.2, 0.25) is 0 Å². The van der Waals surface area contributed by atoms with Crippen molar-refractivity contribution in [3.05, 3.63) is 58.2 Å². The molecule has 0 bridgehead atoms. The van der Waals surface area contributed by atoms with Crippen LogP contribution in [0.25, 0.3) is 0 Å². The highest BCUT2D eigenvalue weighted by molar-refractivity contribution is 5.25. The lowest BCUT2D eigenvalue weighted by atomic mass is 9.43. The van der Waals surface area contributed by atoms with Crippen molar-refractivity contribution in [2.45, 2.75) is 107 Å². The summed E-state index contributed by atoms with van der Waals surface area (Å²) in [6.07, 6.45) is 22.6. The van der Waals surface area contributed by atoms with Crippen LogP contribution in [0.3, 0.4) is 0 Å². The highest BCUT2D eigenvalue weighted by atomic mass is 14.6. The first kappa shape index (κ1) is 25.0. The van der Waals surface area contributed by atoms with E-state index in [2.05, 4.69) is 85.8 Å². The molecule has 0 N–H and O–H groups in total. The molecular weight excluding hydrogens is 360 g/mol. The first-order valence-electron chi connectivity index (χ1n) is 12.4. The molecule has 0 spiro atoms. The average molecular weight is 409 g/mol. The van der Waals surface area contributed by atoms with Crippen LogP contribution in [0, 0.1) is 23.2 Å². The third-order valence-electron chi connectivity index (χ3n) is 7.64. The molecule has 0 aromatic carbocycles. The smallest absolute Gasteiger partial charge is 0.0108 e. The molecule has 4 atom stereocenters. The Morgan fingerprint density at radius 1 is 0.900 bits per heavy atom. The molecular formula is C30H48. The van der Waals surface area contributed by atoms with Gasteiger partial charge in [0.1, 0.15) is 0 Å². The summed E-state index contributed by atoms with van der Waals surface area (Å²) in [4.78, 5) is 0. The first-order chi connectivity index (χ1) is 14.1. The van der Waals surface area contributed by atoms with Gasteiger partial charge in [-0.25, -0.2) is 0 Å². The average Bonchev–Trinajstić information content (AvgIpc) is 2.65. The summed E-state index contributed by atoms with van der Waals surface area (Å²) in [6.45, 7) is 18.4. The number of hydrogen-bond donors (Lipinski definition) is 0. The fraction of sp³-hybridized carbons (Fsp3) is 0.667. The van der Waals surface area contributed by atoms with E-state index in [1.807, 2.05) is 0 Å². The van der Waals surface area contributed by atoms with Crippen LogP contribution >= 0.6 is 0 Å². The molecule has 1 saturated carbocycles. The van der Waals surface area contributed by atoms with E-state index in [0.29, 0.717) is 5.41 Å². The van der Waals surface area contributed by atoms with E-state index >= 15 is 0 Å². The maximum absolute atomic E-state index is 2.67. The Kier molecular flexibility index (Phi) is 9.45. The summed E-state index contributed by atoms with van der Waals surface area (Å²) in [5, 5.41) is 0. The van der Waals surface area contributed by atoms with Gasteiger partial charge in [-0.1, -0.05) is 65.2 Å². The summed E-state index contributed by atoms with van der Waals surface area (Å²) >= 11 is 0. The predicted octanol–water partition coefficient (Wildman–Crippen LogP) is 9.76. The van der Waals surface area contributed by atoms with Crippen molar-refractivity contribution in [1.82, 2.24) is 0 Å². The molecule has 30 heavy (non-hydrogen) atoms. The normalized spacial score (nSPS) is 28.9. The largest absolute Gasteiger partial charge is 0.0859 e. The zero-order valence-electron chi connectivity index (χ0n) is 21.3. The van der Waals surface area contributed by atoms with Crippen molar-refractivity contribution < 1.29 is 0 Å². The first-order valence-corrected chi connectivity index (χ1v) is 12.4. The number of hydrogen-bond acceptors (Lipinski definition) is 0. The number of rotatable bonds is 10. The lowest BCUT2D eigenvalue weighted by Gasteiger charge is -2.61. The van der Waals surface area contributed by atoms with Gasteiger partial charge in [-0.3, -0.25) is 0 Å². The van der Waals surface area contributed by atoms with Gasteiger partial charge in [-0.15, -0.1) is 0 Å². The van der Waals surface area contributed by atoms with Crippen molar-refractivity contribution in [1.29, 1.82) is 0 Å². The highest BCUT2D eigenvalue weighted by Gasteiger charge is 2.56. The fourth-order valence-electron chi connectivity index (χ4n) is 5.75. The molecule has 0 nitrogen and oxygen atoms in total. The summed E-state index contributed by atoms with van der Waals surface area (Å²) in [7, 11) is 0. The summed E-state index contributed by atoms with van der Waals surface area (Å²) in [6, 6.07) is 0. The second-order valence-corrected chi connectivity index (χ2v) is 11.0. The maximum Gasteiger partial charge on any atom is -0.0108 e.